The third-order valence-electron chi connectivity index (χ3n) is 3.70. The topological polar surface area (TPSA) is 92.5 Å². The predicted octanol–water partition coefficient (Wildman–Crippen LogP) is 0.650. The first-order valence-electron chi connectivity index (χ1n) is 7.63. The summed E-state index contributed by atoms with van der Waals surface area (Å²) in [5, 5.41) is 2.39. The molecule has 0 radical (unpaired) electrons. The molecule has 21 heavy (non-hydrogen) atoms. The van der Waals surface area contributed by atoms with Crippen molar-refractivity contribution in [3.05, 3.63) is 0 Å². The van der Waals surface area contributed by atoms with E-state index in [4.69, 9.17) is 5.73 Å². The van der Waals surface area contributed by atoms with E-state index in [0.29, 0.717) is 19.4 Å². The summed E-state index contributed by atoms with van der Waals surface area (Å²) in [5.41, 5.74) is 5.88. The van der Waals surface area contributed by atoms with Crippen molar-refractivity contribution < 1.29 is 14.4 Å². The molecule has 0 spiro atoms. The lowest BCUT2D eigenvalue weighted by Gasteiger charge is -2.27. The summed E-state index contributed by atoms with van der Waals surface area (Å²) in [6, 6.07) is -1.18. The highest BCUT2D eigenvalue weighted by atomic mass is 16.2. The second-order valence-electron chi connectivity index (χ2n) is 6.47. The minimum Gasteiger partial charge on any atom is -0.329 e. The van der Waals surface area contributed by atoms with Crippen molar-refractivity contribution in [3.63, 3.8) is 0 Å². The molecule has 0 aromatic heterocycles. The molecular formula is C15H27N3O3. The Balaban J connectivity index is 2.66. The van der Waals surface area contributed by atoms with Crippen LogP contribution in [0, 0.1) is 11.8 Å². The lowest BCUT2D eigenvalue weighted by Crippen LogP contribution is -2.53. The maximum absolute atomic E-state index is 12.3. The molecule has 0 bridgehead atoms. The van der Waals surface area contributed by atoms with Crippen LogP contribution < -0.4 is 11.1 Å². The number of nitrogens with two attached hydrogens (primary N) is 1. The Hall–Kier alpha value is -1.43. The number of hydrogen-bond donors (Lipinski definition) is 2. The molecule has 1 aliphatic heterocycles. The van der Waals surface area contributed by atoms with Crippen molar-refractivity contribution in [3.8, 4) is 0 Å². The van der Waals surface area contributed by atoms with Crippen molar-refractivity contribution in [1.29, 1.82) is 0 Å². The summed E-state index contributed by atoms with van der Waals surface area (Å²) in [6.07, 6.45) is 1.64. The van der Waals surface area contributed by atoms with Crippen LogP contribution in [-0.2, 0) is 14.4 Å². The van der Waals surface area contributed by atoms with E-state index in [0.717, 1.165) is 6.42 Å². The standard InChI is InChI=1S/C15H27N3O3/c1-9(2)8-12(19)17-14(20)11-6-5-7-18(11)15(21)13(16)10(3)4/h9-11,13H,5-8,16H2,1-4H3,(H,17,19,20)/t11-,13-/m0/s1. The van der Waals surface area contributed by atoms with Crippen LogP contribution in [0.2, 0.25) is 0 Å². The summed E-state index contributed by atoms with van der Waals surface area (Å²) >= 11 is 0. The van der Waals surface area contributed by atoms with E-state index in [1.165, 1.54) is 4.90 Å². The van der Waals surface area contributed by atoms with Crippen LogP contribution in [0.15, 0.2) is 0 Å². The molecule has 0 unspecified atom stereocenters. The van der Waals surface area contributed by atoms with Gasteiger partial charge in [-0.1, -0.05) is 27.7 Å². The van der Waals surface area contributed by atoms with E-state index in [2.05, 4.69) is 5.32 Å². The molecule has 1 heterocycles. The maximum Gasteiger partial charge on any atom is 0.249 e. The molecule has 0 aromatic carbocycles. The lowest BCUT2D eigenvalue weighted by atomic mass is 10.0. The van der Waals surface area contributed by atoms with E-state index in [9.17, 15) is 14.4 Å². The lowest BCUT2D eigenvalue weighted by molar-refractivity contribution is -0.142. The van der Waals surface area contributed by atoms with Crippen LogP contribution in [0.3, 0.4) is 0 Å². The molecule has 6 nitrogen and oxygen atoms in total. The first-order valence-corrected chi connectivity index (χ1v) is 7.63. The zero-order valence-corrected chi connectivity index (χ0v) is 13.4. The van der Waals surface area contributed by atoms with Gasteiger partial charge >= 0.3 is 0 Å². The second-order valence-corrected chi connectivity index (χ2v) is 6.47. The van der Waals surface area contributed by atoms with Gasteiger partial charge in [0.15, 0.2) is 0 Å². The fourth-order valence-electron chi connectivity index (χ4n) is 2.42. The van der Waals surface area contributed by atoms with Crippen molar-refractivity contribution in [2.45, 2.75) is 59.0 Å². The number of carbonyl (C=O) groups is 3. The fraction of sp³-hybridized carbons (Fsp3) is 0.800. The molecule has 1 aliphatic rings. The average molecular weight is 297 g/mol. The zero-order valence-electron chi connectivity index (χ0n) is 13.4. The minimum atomic E-state index is -0.607. The molecule has 0 aliphatic carbocycles. The van der Waals surface area contributed by atoms with Crippen molar-refractivity contribution >= 4 is 17.7 Å². The maximum atomic E-state index is 12.3. The van der Waals surface area contributed by atoms with Crippen molar-refractivity contribution in [2.24, 2.45) is 17.6 Å². The molecular weight excluding hydrogens is 270 g/mol. The summed E-state index contributed by atoms with van der Waals surface area (Å²) < 4.78 is 0. The van der Waals surface area contributed by atoms with Crippen LogP contribution in [0.1, 0.15) is 47.0 Å². The van der Waals surface area contributed by atoms with Gasteiger partial charge in [-0.15, -0.1) is 0 Å². The molecule has 2 atom stereocenters. The summed E-state index contributed by atoms with van der Waals surface area (Å²) in [6.45, 7) is 8.10. The smallest absolute Gasteiger partial charge is 0.249 e. The van der Waals surface area contributed by atoms with Gasteiger partial charge < -0.3 is 10.6 Å². The quantitative estimate of drug-likeness (QED) is 0.779. The van der Waals surface area contributed by atoms with Gasteiger partial charge in [0.05, 0.1) is 6.04 Å². The van der Waals surface area contributed by atoms with Crippen LogP contribution in [0.5, 0.6) is 0 Å². The first kappa shape index (κ1) is 17.6. The number of nitrogens with zero attached hydrogens (tertiary/aromatic N) is 1. The molecule has 3 N–H and O–H groups in total. The van der Waals surface area contributed by atoms with Crippen LogP contribution in [0.25, 0.3) is 0 Å². The van der Waals surface area contributed by atoms with Crippen LogP contribution >= 0.6 is 0 Å². The number of amides is 3. The highest BCUT2D eigenvalue weighted by Crippen LogP contribution is 2.19. The van der Waals surface area contributed by atoms with Gasteiger partial charge in [0.1, 0.15) is 6.04 Å². The molecule has 0 saturated carbocycles. The van der Waals surface area contributed by atoms with Gasteiger partial charge in [-0.25, -0.2) is 0 Å². The normalized spacial score (nSPS) is 20.0. The van der Waals surface area contributed by atoms with Gasteiger partial charge in [0.2, 0.25) is 17.7 Å². The molecule has 1 fully saturated rings. The van der Waals surface area contributed by atoms with E-state index >= 15 is 0 Å². The Labute approximate surface area is 126 Å². The molecule has 120 valence electrons. The van der Waals surface area contributed by atoms with Gasteiger partial charge in [-0.2, -0.15) is 0 Å². The number of imide groups is 1. The SMILES string of the molecule is CC(C)CC(=O)NC(=O)[C@@H]1CCCN1C(=O)[C@@H](N)C(C)C. The zero-order chi connectivity index (χ0) is 16.2. The largest absolute Gasteiger partial charge is 0.329 e. The Morgan fingerprint density at radius 3 is 2.38 bits per heavy atom. The molecule has 0 aromatic rings. The van der Waals surface area contributed by atoms with Crippen LogP contribution in [0.4, 0.5) is 0 Å². The number of rotatable bonds is 5. The Morgan fingerprint density at radius 2 is 1.86 bits per heavy atom. The highest BCUT2D eigenvalue weighted by Gasteiger charge is 2.37. The third-order valence-corrected chi connectivity index (χ3v) is 3.70. The fourth-order valence-corrected chi connectivity index (χ4v) is 2.42. The Bertz CT molecular complexity index is 407. The van der Waals surface area contributed by atoms with E-state index in [-0.39, 0.29) is 29.6 Å². The Morgan fingerprint density at radius 1 is 1.24 bits per heavy atom. The molecule has 6 heteroatoms. The average Bonchev–Trinajstić information content (AvgIpc) is 2.84. The highest BCUT2D eigenvalue weighted by molar-refractivity contribution is 5.99. The van der Waals surface area contributed by atoms with Gasteiger partial charge in [-0.3, -0.25) is 19.7 Å². The van der Waals surface area contributed by atoms with Gasteiger partial charge in [0.25, 0.3) is 0 Å². The molecule has 3 amide bonds. The number of nitrogens with one attached hydrogen (secondary N) is 1. The van der Waals surface area contributed by atoms with E-state index < -0.39 is 12.1 Å². The van der Waals surface area contributed by atoms with Gasteiger partial charge in [-0.05, 0) is 24.7 Å². The minimum absolute atomic E-state index is 0.0179. The second kappa shape index (κ2) is 7.54. The van der Waals surface area contributed by atoms with E-state index in [1.807, 2.05) is 27.7 Å². The van der Waals surface area contributed by atoms with E-state index in [1.54, 1.807) is 0 Å². The molecule has 1 rings (SSSR count). The summed E-state index contributed by atoms with van der Waals surface area (Å²) in [5.74, 6) is -0.679. The summed E-state index contributed by atoms with van der Waals surface area (Å²) in [7, 11) is 0. The first-order chi connectivity index (χ1) is 9.73. The summed E-state index contributed by atoms with van der Waals surface area (Å²) in [4.78, 5) is 37.7. The van der Waals surface area contributed by atoms with Gasteiger partial charge in [0, 0.05) is 13.0 Å². The number of carbonyl (C=O) groups excluding carboxylic acids is 3. The third kappa shape index (κ3) is 4.81. The molecule has 1 saturated heterocycles. The number of hydrogen-bond acceptors (Lipinski definition) is 4. The monoisotopic (exact) mass is 297 g/mol. The number of likely N-dealkylation sites (tertiary alicyclic amines) is 1. The van der Waals surface area contributed by atoms with Crippen molar-refractivity contribution in [1.82, 2.24) is 10.2 Å². The predicted molar refractivity (Wildman–Crippen MR) is 80.2 cm³/mol. The van der Waals surface area contributed by atoms with Crippen molar-refractivity contribution in [2.75, 3.05) is 6.54 Å². The van der Waals surface area contributed by atoms with Crippen LogP contribution in [-0.4, -0.2) is 41.2 Å². The Kier molecular flexibility index (Phi) is 6.33.